The van der Waals surface area contributed by atoms with E-state index in [1.54, 1.807) is 31.5 Å². The number of aromatic carboxylic acids is 1. The number of rotatable bonds is 8. The molecule has 0 aliphatic carbocycles. The number of hydrogen-bond acceptors (Lipinski definition) is 5. The van der Waals surface area contributed by atoms with Crippen LogP contribution in [-0.4, -0.2) is 31.6 Å². The molecule has 3 aromatic carbocycles. The molecule has 7 nitrogen and oxygen atoms in total. The van der Waals surface area contributed by atoms with Crippen LogP contribution in [-0.2, 0) is 16.6 Å². The second kappa shape index (κ2) is 10.2. The predicted molar refractivity (Wildman–Crippen MR) is 134 cm³/mol. The average Bonchev–Trinajstić information content (AvgIpc) is 2.88. The third-order valence-corrected chi connectivity index (χ3v) is 7.37. The molecular weight excluding hydrogens is 488 g/mol. The van der Waals surface area contributed by atoms with Crippen LogP contribution in [0.5, 0.6) is 5.75 Å². The fourth-order valence-electron chi connectivity index (χ4n) is 3.48. The molecule has 1 aromatic heterocycles. The molecule has 0 amide bonds. The Kier molecular flexibility index (Phi) is 7.04. The van der Waals surface area contributed by atoms with Crippen molar-refractivity contribution in [2.75, 3.05) is 11.4 Å². The monoisotopic (exact) mass is 508 g/mol. The minimum Gasteiger partial charge on any atom is -0.497 e. The van der Waals surface area contributed by atoms with Gasteiger partial charge < -0.3 is 9.84 Å². The lowest BCUT2D eigenvalue weighted by Gasteiger charge is -2.25. The van der Waals surface area contributed by atoms with Gasteiger partial charge in [0.15, 0.2) is 5.82 Å². The molecule has 4 aromatic rings. The molecule has 0 saturated heterocycles. The van der Waals surface area contributed by atoms with Gasteiger partial charge in [0.25, 0.3) is 10.0 Å². The predicted octanol–water partition coefficient (Wildman–Crippen LogP) is 5.50. The summed E-state index contributed by atoms with van der Waals surface area (Å²) in [6, 6.07) is 23.1. The van der Waals surface area contributed by atoms with Gasteiger partial charge in [-0.05, 0) is 53.6 Å². The standard InChI is InChI=1S/C26H21ClN2O5S/c1-34-22-11-7-19(8-12-22)21-15-24(27)25(28-16-21)29(17-18-5-3-2-4-6-18)35(32,33)23-13-9-20(10-14-23)26(30)31/h2-16H,17H2,1H3,(H,30,31). The van der Waals surface area contributed by atoms with E-state index in [1.165, 1.54) is 24.3 Å². The Balaban J connectivity index is 1.76. The van der Waals surface area contributed by atoms with Gasteiger partial charge in [-0.3, -0.25) is 0 Å². The van der Waals surface area contributed by atoms with Crippen LogP contribution in [0.1, 0.15) is 15.9 Å². The molecule has 4 rings (SSSR count). The van der Waals surface area contributed by atoms with Crippen LogP contribution in [0.2, 0.25) is 5.02 Å². The minimum atomic E-state index is -4.13. The summed E-state index contributed by atoms with van der Waals surface area (Å²) in [5.74, 6) is -0.373. The van der Waals surface area contributed by atoms with Crippen molar-refractivity contribution in [1.82, 2.24) is 4.98 Å². The van der Waals surface area contributed by atoms with Gasteiger partial charge in [-0.25, -0.2) is 22.5 Å². The van der Waals surface area contributed by atoms with Crippen LogP contribution in [0.3, 0.4) is 0 Å². The number of aromatic nitrogens is 1. The Morgan fingerprint density at radius 1 is 0.971 bits per heavy atom. The second-order valence-corrected chi connectivity index (χ2v) is 9.85. The van der Waals surface area contributed by atoms with E-state index in [2.05, 4.69) is 4.98 Å². The maximum absolute atomic E-state index is 13.7. The van der Waals surface area contributed by atoms with Gasteiger partial charge in [0.05, 0.1) is 29.1 Å². The van der Waals surface area contributed by atoms with Crippen LogP contribution in [0.4, 0.5) is 5.82 Å². The number of anilines is 1. The molecule has 0 radical (unpaired) electrons. The summed E-state index contributed by atoms with van der Waals surface area (Å²) >= 11 is 6.59. The average molecular weight is 509 g/mol. The van der Waals surface area contributed by atoms with E-state index < -0.39 is 16.0 Å². The zero-order valence-corrected chi connectivity index (χ0v) is 20.2. The van der Waals surface area contributed by atoms with Gasteiger partial charge in [-0.2, -0.15) is 0 Å². The molecule has 9 heteroatoms. The first-order valence-corrected chi connectivity index (χ1v) is 12.3. The third kappa shape index (κ3) is 5.29. The fourth-order valence-corrected chi connectivity index (χ4v) is 5.22. The van der Waals surface area contributed by atoms with E-state index in [1.807, 2.05) is 42.5 Å². The normalized spacial score (nSPS) is 11.1. The Labute approximate surface area is 208 Å². The molecule has 178 valence electrons. The molecule has 0 unspecified atom stereocenters. The largest absolute Gasteiger partial charge is 0.497 e. The highest BCUT2D eigenvalue weighted by molar-refractivity contribution is 7.92. The summed E-state index contributed by atoms with van der Waals surface area (Å²) in [5, 5.41) is 9.30. The number of sulfonamides is 1. The maximum Gasteiger partial charge on any atom is 0.335 e. The first kappa shape index (κ1) is 24.3. The van der Waals surface area contributed by atoms with Gasteiger partial charge in [0.1, 0.15) is 5.75 Å². The highest BCUT2D eigenvalue weighted by atomic mass is 35.5. The lowest BCUT2D eigenvalue weighted by Crippen LogP contribution is -2.31. The first-order valence-electron chi connectivity index (χ1n) is 10.5. The van der Waals surface area contributed by atoms with E-state index in [0.29, 0.717) is 11.3 Å². The van der Waals surface area contributed by atoms with Crippen molar-refractivity contribution >= 4 is 33.4 Å². The Hall–Kier alpha value is -3.88. The van der Waals surface area contributed by atoms with Gasteiger partial charge in [-0.15, -0.1) is 0 Å². The number of hydrogen-bond donors (Lipinski definition) is 1. The SMILES string of the molecule is COc1ccc(-c2cnc(N(Cc3ccccc3)S(=O)(=O)c3ccc(C(=O)O)cc3)c(Cl)c2)cc1. The van der Waals surface area contributed by atoms with Crippen LogP contribution < -0.4 is 9.04 Å². The molecule has 0 saturated carbocycles. The number of carboxylic acids is 1. The van der Waals surface area contributed by atoms with Gasteiger partial charge >= 0.3 is 5.97 Å². The van der Waals surface area contributed by atoms with Crippen molar-refractivity contribution in [2.45, 2.75) is 11.4 Å². The summed E-state index contributed by atoms with van der Waals surface area (Å²) in [6.07, 6.45) is 1.56. The lowest BCUT2D eigenvalue weighted by atomic mass is 10.1. The van der Waals surface area contributed by atoms with E-state index in [4.69, 9.17) is 21.4 Å². The van der Waals surface area contributed by atoms with E-state index in [0.717, 1.165) is 15.4 Å². The van der Waals surface area contributed by atoms with Crippen LogP contribution in [0.15, 0.2) is 96.0 Å². The second-order valence-electron chi connectivity index (χ2n) is 7.58. The van der Waals surface area contributed by atoms with Crippen LogP contribution in [0.25, 0.3) is 11.1 Å². The van der Waals surface area contributed by atoms with E-state index >= 15 is 0 Å². The molecular formula is C26H21ClN2O5S. The molecule has 0 bridgehead atoms. The number of benzene rings is 3. The fraction of sp³-hybridized carbons (Fsp3) is 0.0769. The van der Waals surface area contributed by atoms with E-state index in [9.17, 15) is 13.2 Å². The van der Waals surface area contributed by atoms with Crippen molar-refractivity contribution < 1.29 is 23.1 Å². The van der Waals surface area contributed by atoms with Crippen molar-refractivity contribution in [3.05, 3.63) is 107 Å². The highest BCUT2D eigenvalue weighted by Crippen LogP contribution is 2.33. The lowest BCUT2D eigenvalue weighted by molar-refractivity contribution is 0.0696. The van der Waals surface area contributed by atoms with Crippen molar-refractivity contribution in [2.24, 2.45) is 0 Å². The number of carbonyl (C=O) groups is 1. The number of methoxy groups -OCH3 is 1. The first-order chi connectivity index (χ1) is 16.8. The van der Waals surface area contributed by atoms with Crippen LogP contribution in [0, 0.1) is 0 Å². The topological polar surface area (TPSA) is 96.8 Å². The van der Waals surface area contributed by atoms with Gasteiger partial charge in [0.2, 0.25) is 0 Å². The van der Waals surface area contributed by atoms with Crippen LogP contribution >= 0.6 is 11.6 Å². The Morgan fingerprint density at radius 3 is 2.20 bits per heavy atom. The summed E-state index contributed by atoms with van der Waals surface area (Å²) in [5.41, 5.74) is 2.27. The van der Waals surface area contributed by atoms with Gasteiger partial charge in [0, 0.05) is 11.8 Å². The molecule has 0 fully saturated rings. The summed E-state index contributed by atoms with van der Waals surface area (Å²) in [6.45, 7) is -0.0154. The molecule has 35 heavy (non-hydrogen) atoms. The number of carboxylic acid groups (broad SMARTS) is 1. The number of halogens is 1. The highest BCUT2D eigenvalue weighted by Gasteiger charge is 2.28. The number of pyridine rings is 1. The zero-order chi connectivity index (χ0) is 25.0. The van der Waals surface area contributed by atoms with E-state index in [-0.39, 0.29) is 27.8 Å². The Bertz CT molecular complexity index is 1440. The number of ether oxygens (including phenoxy) is 1. The molecule has 0 aliphatic rings. The molecule has 0 aliphatic heterocycles. The Morgan fingerprint density at radius 2 is 1.63 bits per heavy atom. The smallest absolute Gasteiger partial charge is 0.335 e. The summed E-state index contributed by atoms with van der Waals surface area (Å²) in [4.78, 5) is 15.5. The van der Waals surface area contributed by atoms with Crippen molar-refractivity contribution in [3.63, 3.8) is 0 Å². The van der Waals surface area contributed by atoms with Crippen molar-refractivity contribution in [3.8, 4) is 16.9 Å². The summed E-state index contributed by atoms with van der Waals surface area (Å²) < 4.78 is 33.6. The summed E-state index contributed by atoms with van der Waals surface area (Å²) in [7, 11) is -2.54. The minimum absolute atomic E-state index is 0.0152. The molecule has 1 N–H and O–H groups in total. The maximum atomic E-state index is 13.7. The number of nitrogens with zero attached hydrogens (tertiary/aromatic N) is 2. The molecule has 0 spiro atoms. The van der Waals surface area contributed by atoms with Gasteiger partial charge in [-0.1, -0.05) is 54.1 Å². The van der Waals surface area contributed by atoms with Crippen molar-refractivity contribution in [1.29, 1.82) is 0 Å². The third-order valence-electron chi connectivity index (χ3n) is 5.34. The molecule has 1 heterocycles. The quantitative estimate of drug-likeness (QED) is 0.337. The zero-order valence-electron chi connectivity index (χ0n) is 18.6. The molecule has 0 atom stereocenters.